The van der Waals surface area contributed by atoms with Gasteiger partial charge in [0, 0.05) is 17.8 Å². The van der Waals surface area contributed by atoms with E-state index in [1.165, 1.54) is 0 Å². The van der Waals surface area contributed by atoms with Crippen LogP contribution in [0.1, 0.15) is 12.8 Å². The molecular weight excluding hydrogens is 124 g/mol. The quantitative estimate of drug-likeness (QED) is 0.242. The van der Waals surface area contributed by atoms with Gasteiger partial charge >= 0.3 is 0 Å². The highest BCUT2D eigenvalue weighted by Crippen LogP contribution is 1.90. The molecular formula is C4H8N2O3. The van der Waals surface area contributed by atoms with E-state index in [0.29, 0.717) is 6.29 Å². The summed E-state index contributed by atoms with van der Waals surface area (Å²) in [5.41, 5.74) is 4.94. The summed E-state index contributed by atoms with van der Waals surface area (Å²) in [5.74, 6) is 0. The van der Waals surface area contributed by atoms with Crippen molar-refractivity contribution in [2.24, 2.45) is 5.73 Å². The zero-order valence-corrected chi connectivity index (χ0v) is 4.82. The normalized spacial score (nSPS) is 12.6. The van der Waals surface area contributed by atoms with Gasteiger partial charge in [-0.05, 0) is 0 Å². The minimum atomic E-state index is -1.09. The number of rotatable bonds is 4. The largest absolute Gasteiger partial charge is 0.303 e. The summed E-state index contributed by atoms with van der Waals surface area (Å²) in [6.45, 7) is 0. The van der Waals surface area contributed by atoms with Crippen molar-refractivity contribution in [3.8, 4) is 0 Å². The maximum atomic E-state index is 9.77. The van der Waals surface area contributed by atoms with Crippen LogP contribution in [-0.4, -0.2) is 17.4 Å². The molecule has 2 N–H and O–H groups in total. The highest BCUT2D eigenvalue weighted by molar-refractivity contribution is 5.49. The van der Waals surface area contributed by atoms with Crippen LogP contribution in [0.15, 0.2) is 0 Å². The number of hydrogen-bond acceptors (Lipinski definition) is 4. The summed E-state index contributed by atoms with van der Waals surface area (Å²) < 4.78 is 0. The van der Waals surface area contributed by atoms with E-state index in [0.717, 1.165) is 0 Å². The average Bonchev–Trinajstić information content (AvgIpc) is 1.82. The van der Waals surface area contributed by atoms with E-state index < -0.39 is 11.1 Å². The first kappa shape index (κ1) is 8.03. The smallest absolute Gasteiger partial charge is 0.263 e. The molecule has 0 aromatic heterocycles. The molecule has 0 aliphatic rings. The summed E-state index contributed by atoms with van der Waals surface area (Å²) in [6, 6.07) is 0. The Morgan fingerprint density at radius 2 is 2.33 bits per heavy atom. The van der Waals surface area contributed by atoms with Gasteiger partial charge in [0.05, 0.1) is 0 Å². The molecule has 0 saturated carbocycles. The van der Waals surface area contributed by atoms with Crippen LogP contribution in [0.3, 0.4) is 0 Å². The lowest BCUT2D eigenvalue weighted by atomic mass is 10.3. The third-order valence-corrected chi connectivity index (χ3v) is 0.851. The predicted octanol–water partition coefficient (Wildman–Crippen LogP) is -0.473. The van der Waals surface area contributed by atoms with Crippen LogP contribution in [0.2, 0.25) is 0 Å². The first-order valence-electron chi connectivity index (χ1n) is 2.51. The van der Waals surface area contributed by atoms with Gasteiger partial charge in [-0.3, -0.25) is 15.8 Å². The van der Waals surface area contributed by atoms with E-state index in [-0.39, 0.29) is 12.8 Å². The van der Waals surface area contributed by atoms with Crippen molar-refractivity contribution >= 4 is 6.29 Å². The maximum Gasteiger partial charge on any atom is 0.263 e. The first-order chi connectivity index (χ1) is 4.18. The summed E-state index contributed by atoms with van der Waals surface area (Å²) in [5, 5.41) is 9.77. The lowest BCUT2D eigenvalue weighted by molar-refractivity contribution is -0.522. The number of nitro groups is 1. The summed E-state index contributed by atoms with van der Waals surface area (Å²) in [7, 11) is 0. The summed E-state index contributed by atoms with van der Waals surface area (Å²) in [4.78, 5) is 18.8. The molecule has 5 nitrogen and oxygen atoms in total. The highest BCUT2D eigenvalue weighted by Gasteiger charge is 2.10. The number of carbonyl (C=O) groups is 1. The molecule has 0 spiro atoms. The van der Waals surface area contributed by atoms with Gasteiger partial charge in [0.25, 0.3) is 6.17 Å². The van der Waals surface area contributed by atoms with E-state index in [9.17, 15) is 14.9 Å². The molecule has 0 amide bonds. The number of hydrogen-bond donors (Lipinski definition) is 1. The van der Waals surface area contributed by atoms with Crippen LogP contribution < -0.4 is 5.73 Å². The molecule has 9 heavy (non-hydrogen) atoms. The highest BCUT2D eigenvalue weighted by atomic mass is 16.6. The lowest BCUT2D eigenvalue weighted by Crippen LogP contribution is -2.29. The van der Waals surface area contributed by atoms with Crippen LogP contribution in [-0.2, 0) is 4.79 Å². The van der Waals surface area contributed by atoms with Crippen LogP contribution >= 0.6 is 0 Å². The Morgan fingerprint density at radius 1 is 1.78 bits per heavy atom. The third-order valence-electron chi connectivity index (χ3n) is 0.851. The second kappa shape index (κ2) is 3.96. The van der Waals surface area contributed by atoms with E-state index in [2.05, 4.69) is 0 Å². The van der Waals surface area contributed by atoms with Crippen molar-refractivity contribution < 1.29 is 9.72 Å². The topological polar surface area (TPSA) is 86.2 Å². The molecule has 1 atom stereocenters. The number of nitrogens with zero attached hydrogens (tertiary/aromatic N) is 1. The van der Waals surface area contributed by atoms with Gasteiger partial charge in [0.2, 0.25) is 0 Å². The van der Waals surface area contributed by atoms with Gasteiger partial charge in [-0.2, -0.15) is 0 Å². The van der Waals surface area contributed by atoms with Crippen LogP contribution in [0.25, 0.3) is 0 Å². The molecule has 0 radical (unpaired) electrons. The van der Waals surface area contributed by atoms with Gasteiger partial charge in [-0.25, -0.2) is 0 Å². The number of nitrogens with two attached hydrogens (primary N) is 1. The molecule has 0 bridgehead atoms. The summed E-state index contributed by atoms with van der Waals surface area (Å²) >= 11 is 0. The molecule has 5 heteroatoms. The molecule has 0 fully saturated rings. The molecule has 0 rings (SSSR count). The Balaban J connectivity index is 3.37. The summed E-state index contributed by atoms with van der Waals surface area (Å²) in [6.07, 6.45) is -0.197. The Kier molecular flexibility index (Phi) is 3.54. The zero-order chi connectivity index (χ0) is 7.28. The van der Waals surface area contributed by atoms with E-state index >= 15 is 0 Å². The Bertz CT molecular complexity index is 114. The van der Waals surface area contributed by atoms with E-state index in [1.54, 1.807) is 0 Å². The first-order valence-corrected chi connectivity index (χ1v) is 2.51. The number of aldehydes is 1. The minimum absolute atomic E-state index is 0.122. The fraction of sp³-hybridized carbons (Fsp3) is 0.750. The maximum absolute atomic E-state index is 9.77. The minimum Gasteiger partial charge on any atom is -0.303 e. The molecule has 0 aromatic rings. The fourth-order valence-electron chi connectivity index (χ4n) is 0.344. The van der Waals surface area contributed by atoms with Gasteiger partial charge in [-0.15, -0.1) is 0 Å². The molecule has 0 aromatic carbocycles. The van der Waals surface area contributed by atoms with Crippen molar-refractivity contribution in [3.05, 3.63) is 10.1 Å². The average molecular weight is 132 g/mol. The SMILES string of the molecule is NC(CCC=O)[N+](=O)[O-]. The monoisotopic (exact) mass is 132 g/mol. The third kappa shape index (κ3) is 3.60. The number of carbonyl (C=O) groups excluding carboxylic acids is 1. The van der Waals surface area contributed by atoms with Crippen molar-refractivity contribution in [1.29, 1.82) is 0 Å². The van der Waals surface area contributed by atoms with Crippen LogP contribution in [0.4, 0.5) is 0 Å². The van der Waals surface area contributed by atoms with Crippen molar-refractivity contribution in [2.75, 3.05) is 0 Å². The molecule has 0 aliphatic carbocycles. The predicted molar refractivity (Wildman–Crippen MR) is 30.3 cm³/mol. The molecule has 0 aliphatic heterocycles. The van der Waals surface area contributed by atoms with E-state index in [4.69, 9.17) is 5.73 Å². The Morgan fingerprint density at radius 3 is 2.67 bits per heavy atom. The Labute approximate surface area is 52.0 Å². The van der Waals surface area contributed by atoms with Gasteiger partial charge in [0.15, 0.2) is 0 Å². The molecule has 1 unspecified atom stereocenters. The zero-order valence-electron chi connectivity index (χ0n) is 4.82. The van der Waals surface area contributed by atoms with Crippen LogP contribution in [0.5, 0.6) is 0 Å². The second-order valence-electron chi connectivity index (χ2n) is 1.60. The molecule has 52 valence electrons. The van der Waals surface area contributed by atoms with Crippen molar-refractivity contribution in [1.82, 2.24) is 0 Å². The second-order valence-corrected chi connectivity index (χ2v) is 1.60. The van der Waals surface area contributed by atoms with Gasteiger partial charge in [0.1, 0.15) is 6.29 Å². The van der Waals surface area contributed by atoms with Crippen LogP contribution in [0, 0.1) is 10.1 Å². The standard InChI is InChI=1S/C4H8N2O3/c5-4(6(8)9)2-1-3-7/h3-4H,1-2,5H2. The molecule has 0 heterocycles. The van der Waals surface area contributed by atoms with E-state index in [1.807, 2.05) is 0 Å². The molecule has 0 saturated heterocycles. The van der Waals surface area contributed by atoms with Crippen molar-refractivity contribution in [3.63, 3.8) is 0 Å². The van der Waals surface area contributed by atoms with Gasteiger partial charge < -0.3 is 4.79 Å². The Hall–Kier alpha value is -0.970. The van der Waals surface area contributed by atoms with Crippen molar-refractivity contribution in [2.45, 2.75) is 19.0 Å². The van der Waals surface area contributed by atoms with Gasteiger partial charge in [-0.1, -0.05) is 0 Å². The fourth-order valence-corrected chi connectivity index (χ4v) is 0.344. The lowest BCUT2D eigenvalue weighted by Gasteiger charge is -1.97.